The van der Waals surface area contributed by atoms with Crippen molar-refractivity contribution in [2.75, 3.05) is 30.9 Å². The number of hydrogen-bond acceptors (Lipinski definition) is 7. The summed E-state index contributed by atoms with van der Waals surface area (Å²) in [5, 5.41) is 14.9. The third kappa shape index (κ3) is 5.21. The molecule has 8 heteroatoms. The van der Waals surface area contributed by atoms with Crippen LogP contribution < -0.4 is 20.1 Å². The second-order valence-corrected chi connectivity index (χ2v) is 6.06. The number of hydrogen-bond donors (Lipinski definition) is 2. The Hall–Kier alpha value is -3.06. The number of ether oxygens (including phenoxy) is 2. The first kappa shape index (κ1) is 18.7. The Morgan fingerprint density at radius 2 is 1.85 bits per heavy atom. The molecular weight excluding hydrogens is 366 g/mol. The van der Waals surface area contributed by atoms with Crippen LogP contribution in [-0.2, 0) is 0 Å². The molecule has 0 aliphatic carbocycles. The van der Waals surface area contributed by atoms with Gasteiger partial charge in [-0.15, -0.1) is 5.10 Å². The summed E-state index contributed by atoms with van der Waals surface area (Å²) < 4.78 is 10.8. The van der Waals surface area contributed by atoms with E-state index in [1.165, 1.54) is 0 Å². The summed E-state index contributed by atoms with van der Waals surface area (Å²) in [5.41, 5.74) is 1.76. The number of nitrogens with zero attached hydrogens (tertiary/aromatic N) is 3. The van der Waals surface area contributed by atoms with E-state index in [2.05, 4.69) is 25.8 Å². The SMILES string of the molecule is COc1ccc(OCCNc2cnnc(Nc3cccc(Cl)c3C)n2)cc1. The van der Waals surface area contributed by atoms with Crippen molar-refractivity contribution in [1.82, 2.24) is 15.2 Å². The van der Waals surface area contributed by atoms with Gasteiger partial charge in [0.2, 0.25) is 5.95 Å². The van der Waals surface area contributed by atoms with E-state index in [0.717, 1.165) is 22.7 Å². The van der Waals surface area contributed by atoms with Crippen LogP contribution in [0.25, 0.3) is 0 Å². The third-order valence-electron chi connectivity index (χ3n) is 3.81. The molecule has 1 heterocycles. The smallest absolute Gasteiger partial charge is 0.249 e. The summed E-state index contributed by atoms with van der Waals surface area (Å²) in [4.78, 5) is 4.40. The molecule has 0 fully saturated rings. The zero-order chi connectivity index (χ0) is 19.1. The average Bonchev–Trinajstić information content (AvgIpc) is 2.70. The van der Waals surface area contributed by atoms with Crippen LogP contribution in [0.2, 0.25) is 5.02 Å². The third-order valence-corrected chi connectivity index (χ3v) is 4.22. The molecule has 0 saturated heterocycles. The predicted molar refractivity (Wildman–Crippen MR) is 106 cm³/mol. The molecule has 0 bridgehead atoms. The number of rotatable bonds is 8. The fourth-order valence-corrected chi connectivity index (χ4v) is 2.50. The number of anilines is 3. The van der Waals surface area contributed by atoms with E-state index in [1.807, 2.05) is 49.4 Å². The van der Waals surface area contributed by atoms with Gasteiger partial charge in [-0.2, -0.15) is 10.1 Å². The lowest BCUT2D eigenvalue weighted by molar-refractivity contribution is 0.331. The number of nitrogens with one attached hydrogen (secondary N) is 2. The van der Waals surface area contributed by atoms with E-state index in [0.29, 0.717) is 29.9 Å². The van der Waals surface area contributed by atoms with Gasteiger partial charge < -0.3 is 20.1 Å². The van der Waals surface area contributed by atoms with Gasteiger partial charge in [-0.1, -0.05) is 17.7 Å². The molecule has 0 amide bonds. The van der Waals surface area contributed by atoms with Crippen molar-refractivity contribution in [3.8, 4) is 11.5 Å². The van der Waals surface area contributed by atoms with Gasteiger partial charge in [-0.3, -0.25) is 0 Å². The Morgan fingerprint density at radius 3 is 2.63 bits per heavy atom. The molecule has 0 radical (unpaired) electrons. The van der Waals surface area contributed by atoms with Gasteiger partial charge in [0.15, 0.2) is 5.82 Å². The van der Waals surface area contributed by atoms with Crippen molar-refractivity contribution in [1.29, 1.82) is 0 Å². The fourth-order valence-electron chi connectivity index (χ4n) is 2.32. The highest BCUT2D eigenvalue weighted by Crippen LogP contribution is 2.25. The van der Waals surface area contributed by atoms with Crippen molar-refractivity contribution in [3.63, 3.8) is 0 Å². The molecule has 140 valence electrons. The van der Waals surface area contributed by atoms with Crippen LogP contribution in [0.4, 0.5) is 17.5 Å². The molecule has 7 nitrogen and oxygen atoms in total. The maximum Gasteiger partial charge on any atom is 0.249 e. The molecule has 0 spiro atoms. The highest BCUT2D eigenvalue weighted by atomic mass is 35.5. The van der Waals surface area contributed by atoms with Crippen LogP contribution in [0.1, 0.15) is 5.56 Å². The molecule has 2 aromatic carbocycles. The second-order valence-electron chi connectivity index (χ2n) is 5.65. The van der Waals surface area contributed by atoms with Gasteiger partial charge in [0, 0.05) is 10.7 Å². The van der Waals surface area contributed by atoms with E-state index in [1.54, 1.807) is 13.3 Å². The normalized spacial score (nSPS) is 10.3. The van der Waals surface area contributed by atoms with E-state index in [9.17, 15) is 0 Å². The van der Waals surface area contributed by atoms with Gasteiger partial charge in [0.25, 0.3) is 0 Å². The number of aromatic nitrogens is 3. The number of benzene rings is 2. The van der Waals surface area contributed by atoms with Crippen LogP contribution in [0.3, 0.4) is 0 Å². The first-order valence-corrected chi connectivity index (χ1v) is 8.76. The maximum absolute atomic E-state index is 6.13. The van der Waals surface area contributed by atoms with Crippen molar-refractivity contribution < 1.29 is 9.47 Å². The molecule has 1 aromatic heterocycles. The van der Waals surface area contributed by atoms with Crippen molar-refractivity contribution in [2.24, 2.45) is 0 Å². The highest BCUT2D eigenvalue weighted by molar-refractivity contribution is 6.31. The average molecular weight is 386 g/mol. The summed E-state index contributed by atoms with van der Waals surface area (Å²) in [6.45, 7) is 2.98. The van der Waals surface area contributed by atoms with Crippen molar-refractivity contribution in [3.05, 3.63) is 59.2 Å². The van der Waals surface area contributed by atoms with Crippen LogP contribution in [0.5, 0.6) is 11.5 Å². The molecule has 0 aliphatic heterocycles. The van der Waals surface area contributed by atoms with Gasteiger partial charge in [0.05, 0.1) is 19.9 Å². The molecule has 3 rings (SSSR count). The monoisotopic (exact) mass is 385 g/mol. The van der Waals surface area contributed by atoms with Crippen molar-refractivity contribution >= 4 is 29.1 Å². The van der Waals surface area contributed by atoms with Gasteiger partial charge in [0.1, 0.15) is 18.1 Å². The summed E-state index contributed by atoms with van der Waals surface area (Å²) >= 11 is 6.13. The minimum atomic E-state index is 0.390. The van der Waals surface area contributed by atoms with Gasteiger partial charge in [-0.25, -0.2) is 0 Å². The van der Waals surface area contributed by atoms with Crippen LogP contribution in [0, 0.1) is 6.92 Å². The van der Waals surface area contributed by atoms with E-state index in [4.69, 9.17) is 21.1 Å². The molecule has 2 N–H and O–H groups in total. The minimum absolute atomic E-state index is 0.390. The van der Waals surface area contributed by atoms with Crippen molar-refractivity contribution in [2.45, 2.75) is 6.92 Å². The topological polar surface area (TPSA) is 81.2 Å². The van der Waals surface area contributed by atoms with E-state index >= 15 is 0 Å². The maximum atomic E-state index is 6.13. The number of methoxy groups -OCH3 is 1. The predicted octanol–water partition coefficient (Wildman–Crippen LogP) is 4.08. The van der Waals surface area contributed by atoms with Crippen LogP contribution >= 0.6 is 11.6 Å². The summed E-state index contributed by atoms with van der Waals surface area (Å²) in [6.07, 6.45) is 1.56. The number of halogens is 1. The van der Waals surface area contributed by atoms with Gasteiger partial charge in [-0.05, 0) is 48.9 Å². The van der Waals surface area contributed by atoms with Crippen LogP contribution in [-0.4, -0.2) is 35.4 Å². The zero-order valence-corrected chi connectivity index (χ0v) is 15.8. The molecular formula is C19H20ClN5O2. The molecule has 3 aromatic rings. The first-order chi connectivity index (χ1) is 13.2. The Bertz CT molecular complexity index is 890. The molecule has 27 heavy (non-hydrogen) atoms. The second kappa shape index (κ2) is 9.05. The zero-order valence-electron chi connectivity index (χ0n) is 15.1. The van der Waals surface area contributed by atoms with E-state index < -0.39 is 0 Å². The lowest BCUT2D eigenvalue weighted by atomic mass is 10.2. The Kier molecular flexibility index (Phi) is 6.27. The highest BCUT2D eigenvalue weighted by Gasteiger charge is 2.05. The summed E-state index contributed by atoms with van der Waals surface area (Å²) in [6, 6.07) is 13.0. The quantitative estimate of drug-likeness (QED) is 0.565. The minimum Gasteiger partial charge on any atom is -0.497 e. The Labute approximate surface area is 162 Å². The lowest BCUT2D eigenvalue weighted by Crippen LogP contribution is -2.13. The fraction of sp³-hybridized carbons (Fsp3) is 0.211. The Morgan fingerprint density at radius 1 is 1.07 bits per heavy atom. The van der Waals surface area contributed by atoms with E-state index in [-0.39, 0.29) is 0 Å². The molecule has 0 saturated carbocycles. The summed E-state index contributed by atoms with van der Waals surface area (Å²) in [5.74, 6) is 2.56. The largest absolute Gasteiger partial charge is 0.497 e. The molecule has 0 unspecified atom stereocenters. The summed E-state index contributed by atoms with van der Waals surface area (Å²) in [7, 11) is 1.63. The standard InChI is InChI=1S/C19H20ClN5O2/c1-13-16(20)4-3-5-17(13)23-19-24-18(12-22-25-19)21-10-11-27-15-8-6-14(26-2)7-9-15/h3-9,12H,10-11H2,1-2H3,(H2,21,23,24,25). The van der Waals surface area contributed by atoms with Gasteiger partial charge >= 0.3 is 0 Å². The Balaban J connectivity index is 1.52. The lowest BCUT2D eigenvalue weighted by Gasteiger charge is -2.11. The molecule has 0 aliphatic rings. The first-order valence-electron chi connectivity index (χ1n) is 8.38. The van der Waals surface area contributed by atoms with Crippen LogP contribution in [0.15, 0.2) is 48.7 Å². The molecule has 0 atom stereocenters.